The van der Waals surface area contributed by atoms with E-state index in [2.05, 4.69) is 4.98 Å². The lowest BCUT2D eigenvalue weighted by Gasteiger charge is -2.21. The minimum absolute atomic E-state index is 0.00184. The Hall–Kier alpha value is -4.00. The van der Waals surface area contributed by atoms with Gasteiger partial charge >= 0.3 is 14.3 Å². The van der Waals surface area contributed by atoms with Crippen molar-refractivity contribution in [2.24, 2.45) is 0 Å². The lowest BCUT2D eigenvalue weighted by atomic mass is 10.0. The van der Waals surface area contributed by atoms with E-state index in [9.17, 15) is 24.1 Å². The van der Waals surface area contributed by atoms with Gasteiger partial charge in [0, 0.05) is 23.2 Å². The van der Waals surface area contributed by atoms with E-state index in [1.165, 1.54) is 16.8 Å². The van der Waals surface area contributed by atoms with Crippen LogP contribution in [-0.2, 0) is 36.5 Å². The number of benzene rings is 1. The molecule has 232 valence electrons. The Morgan fingerprint density at radius 1 is 1.18 bits per heavy atom. The van der Waals surface area contributed by atoms with Gasteiger partial charge in [-0.3, -0.25) is 23.9 Å². The monoisotopic (exact) mass is 624 g/mol. The Morgan fingerprint density at radius 2 is 1.98 bits per heavy atom. The molecular weight excluding hydrogens is 591 g/mol. The number of hydrogen-bond acceptors (Lipinski definition) is 10. The van der Waals surface area contributed by atoms with Crippen LogP contribution in [0.1, 0.15) is 62.6 Å². The molecule has 4 aromatic rings. The number of aromatic nitrogens is 4. The van der Waals surface area contributed by atoms with E-state index in [4.69, 9.17) is 23.5 Å². The van der Waals surface area contributed by atoms with E-state index in [0.717, 1.165) is 16.5 Å². The van der Waals surface area contributed by atoms with Crippen molar-refractivity contribution < 1.29 is 28.2 Å². The number of carbonyl (C=O) groups is 1. The first-order valence-electron chi connectivity index (χ1n) is 14.3. The van der Waals surface area contributed by atoms with E-state index in [-0.39, 0.29) is 30.8 Å². The van der Waals surface area contributed by atoms with E-state index in [1.807, 2.05) is 44.2 Å². The molecule has 1 fully saturated rings. The maximum Gasteiger partial charge on any atom is 0.330 e. The van der Waals surface area contributed by atoms with Gasteiger partial charge in [0.05, 0.1) is 47.8 Å². The van der Waals surface area contributed by atoms with Gasteiger partial charge in [-0.25, -0.2) is 9.78 Å². The zero-order chi connectivity index (χ0) is 31.4. The Morgan fingerprint density at radius 3 is 2.75 bits per heavy atom. The molecule has 4 unspecified atom stereocenters. The molecule has 0 saturated carbocycles. The third-order valence-electron chi connectivity index (χ3n) is 7.41. The molecule has 0 aliphatic carbocycles. The summed E-state index contributed by atoms with van der Waals surface area (Å²) in [5.74, 6) is 0. The highest BCUT2D eigenvalue weighted by Gasteiger charge is 2.31. The topological polar surface area (TPSA) is 164 Å². The molecule has 14 heteroatoms. The molecular formula is C30H33N4O9P. The average molecular weight is 625 g/mol. The predicted octanol–water partition coefficient (Wildman–Crippen LogP) is 3.67. The summed E-state index contributed by atoms with van der Waals surface area (Å²) in [6.07, 6.45) is 0.673. The molecule has 2 aliphatic rings. The van der Waals surface area contributed by atoms with Crippen molar-refractivity contribution in [2.75, 3.05) is 6.61 Å². The molecule has 0 radical (unpaired) electrons. The number of para-hydroxylation sites is 1. The quantitative estimate of drug-likeness (QED) is 0.173. The molecule has 2 aliphatic heterocycles. The van der Waals surface area contributed by atoms with E-state index in [0.29, 0.717) is 36.3 Å². The van der Waals surface area contributed by atoms with E-state index >= 15 is 0 Å². The zero-order valence-corrected chi connectivity index (χ0v) is 25.4. The van der Waals surface area contributed by atoms with Gasteiger partial charge in [0.15, 0.2) is 0 Å². The number of fused-ring (bicyclic) bond motifs is 4. The predicted molar refractivity (Wildman–Crippen MR) is 162 cm³/mol. The van der Waals surface area contributed by atoms with Gasteiger partial charge in [0.25, 0.3) is 17.6 Å². The van der Waals surface area contributed by atoms with Crippen molar-refractivity contribution in [2.45, 2.75) is 65.2 Å². The van der Waals surface area contributed by atoms with Crippen LogP contribution in [0.15, 0.2) is 63.0 Å². The van der Waals surface area contributed by atoms with Crippen LogP contribution >= 0.6 is 8.60 Å². The minimum atomic E-state index is -2.39. The molecule has 44 heavy (non-hydrogen) atoms. The summed E-state index contributed by atoms with van der Waals surface area (Å²) in [6.45, 7) is 6.01. The summed E-state index contributed by atoms with van der Waals surface area (Å²) in [7, 11) is -2.39. The number of H-pyrrole nitrogens is 1. The van der Waals surface area contributed by atoms with Crippen LogP contribution < -0.4 is 16.8 Å². The van der Waals surface area contributed by atoms with Crippen LogP contribution in [0.3, 0.4) is 0 Å². The fourth-order valence-electron chi connectivity index (χ4n) is 5.40. The number of carbonyl (C=O) groups excluding carboxylic acids is 1. The van der Waals surface area contributed by atoms with Gasteiger partial charge in [0.1, 0.15) is 12.8 Å². The second-order valence-electron chi connectivity index (χ2n) is 10.0. The third-order valence-corrected chi connectivity index (χ3v) is 8.27. The van der Waals surface area contributed by atoms with Crippen LogP contribution in [0.25, 0.3) is 22.3 Å². The Bertz CT molecular complexity index is 1840. The smallest absolute Gasteiger partial charge is 0.330 e. The average Bonchev–Trinajstić information content (AvgIpc) is 3.64. The molecule has 1 saturated heterocycles. The molecule has 1 aromatic carbocycles. The highest BCUT2D eigenvalue weighted by Crippen LogP contribution is 2.42. The normalized spacial score (nSPS) is 18.2. The third kappa shape index (κ3) is 6.42. The first-order chi connectivity index (χ1) is 21.3. The number of aromatic amines is 1. The fourth-order valence-corrected chi connectivity index (χ4v) is 6.13. The minimum Gasteiger partial charge on any atom is -0.463 e. The Labute approximate surface area is 253 Å². The van der Waals surface area contributed by atoms with E-state index in [1.54, 1.807) is 17.6 Å². The van der Waals surface area contributed by atoms with Gasteiger partial charge < -0.3 is 28.0 Å². The van der Waals surface area contributed by atoms with Crippen molar-refractivity contribution in [3.63, 3.8) is 0 Å². The Kier molecular flexibility index (Phi) is 9.82. The van der Waals surface area contributed by atoms with Gasteiger partial charge in [-0.1, -0.05) is 32.0 Å². The molecule has 6 rings (SSSR count). The van der Waals surface area contributed by atoms with Crippen LogP contribution in [0.5, 0.6) is 0 Å². The summed E-state index contributed by atoms with van der Waals surface area (Å²) < 4.78 is 25.0. The lowest BCUT2D eigenvalue weighted by molar-refractivity contribution is -0.129. The van der Waals surface area contributed by atoms with Gasteiger partial charge in [0.2, 0.25) is 0 Å². The second-order valence-corrected chi connectivity index (χ2v) is 11.0. The van der Waals surface area contributed by atoms with Gasteiger partial charge in [-0.15, -0.1) is 0 Å². The lowest BCUT2D eigenvalue weighted by Crippen LogP contribution is -2.31. The molecule has 13 nitrogen and oxygen atoms in total. The van der Waals surface area contributed by atoms with E-state index < -0.39 is 38.3 Å². The maximum atomic E-state index is 13.6. The summed E-state index contributed by atoms with van der Waals surface area (Å²) in [4.78, 5) is 65.5. The highest BCUT2D eigenvalue weighted by atomic mass is 31.2. The fraction of sp³-hybridized carbons (Fsp3) is 0.367. The molecule has 5 heterocycles. The van der Waals surface area contributed by atoms with Crippen LogP contribution in [0.2, 0.25) is 0 Å². The Balaban J connectivity index is 0.00000188. The summed E-state index contributed by atoms with van der Waals surface area (Å²) in [5.41, 5.74) is 2.24. The summed E-state index contributed by atoms with van der Waals surface area (Å²) in [5, 5.41) is 0.963. The van der Waals surface area contributed by atoms with Crippen molar-refractivity contribution in [3.05, 3.63) is 96.5 Å². The van der Waals surface area contributed by atoms with Crippen molar-refractivity contribution in [1.29, 1.82) is 0 Å². The molecule has 4 atom stereocenters. The first kappa shape index (κ1) is 31.4. The van der Waals surface area contributed by atoms with Crippen molar-refractivity contribution in [1.82, 2.24) is 19.1 Å². The van der Waals surface area contributed by atoms with Gasteiger partial charge in [-0.2, -0.15) is 0 Å². The molecule has 0 bridgehead atoms. The number of hydrogen-bond donors (Lipinski definition) is 2. The maximum absolute atomic E-state index is 13.6. The highest BCUT2D eigenvalue weighted by molar-refractivity contribution is 7.40. The molecule has 2 N–H and O–H groups in total. The molecule has 3 aromatic heterocycles. The van der Waals surface area contributed by atoms with Crippen LogP contribution in [0, 0.1) is 0 Å². The number of nitrogens with zero attached hydrogens (tertiary/aromatic N) is 3. The molecule has 0 spiro atoms. The number of nitrogens with one attached hydrogen (secondary N) is 1. The standard InChI is InChI=1S/C28H27N4O9P.C2H6/c1-16(41-42(37)39-13-19-6-7-25(40-19)31-9-8-24(34)30-28(31)36)20-11-23-26-18(10-17-4-2-3-5-22(17)29-26)12-32(23)27(35)21(20)14-38-15-33;1-2/h2-5,8-11,15-16,19,25,37H,6-7,12-14H2,1H3,(H,30,34,36);1-2H3. The van der Waals surface area contributed by atoms with Crippen LogP contribution in [0.4, 0.5) is 0 Å². The number of rotatable bonds is 10. The first-order valence-corrected chi connectivity index (χ1v) is 15.4. The SMILES string of the molecule is CC.CC(OP(O)OCC1CCC(n2ccc(=O)[nH]c2=O)O1)c1cc2n(c(=O)c1COC=O)Cc1cc3ccccc3nc1-2. The second kappa shape index (κ2) is 13.7. The number of ether oxygens (including phenoxy) is 2. The summed E-state index contributed by atoms with van der Waals surface area (Å²) >= 11 is 0. The molecule has 0 amide bonds. The van der Waals surface area contributed by atoms with Crippen molar-refractivity contribution >= 4 is 26.0 Å². The number of pyridine rings is 2. The van der Waals surface area contributed by atoms with Gasteiger partial charge in [-0.05, 0) is 43.5 Å². The summed E-state index contributed by atoms with van der Waals surface area (Å²) in [6, 6.07) is 12.7. The van der Waals surface area contributed by atoms with Crippen molar-refractivity contribution in [3.8, 4) is 11.4 Å². The van der Waals surface area contributed by atoms with Crippen LogP contribution in [-0.4, -0.2) is 43.2 Å². The zero-order valence-electron chi connectivity index (χ0n) is 24.5. The largest absolute Gasteiger partial charge is 0.463 e.